The molecule has 0 spiro atoms. The summed E-state index contributed by atoms with van der Waals surface area (Å²) in [7, 11) is 1.50. The van der Waals surface area contributed by atoms with Crippen molar-refractivity contribution in [1.82, 2.24) is 10.2 Å². The Bertz CT molecular complexity index is 1080. The first-order valence-electron chi connectivity index (χ1n) is 10.6. The molecule has 172 valence electrons. The molecule has 2 amide bonds. The summed E-state index contributed by atoms with van der Waals surface area (Å²) in [5, 5.41) is 12.6. The van der Waals surface area contributed by atoms with Gasteiger partial charge in [-0.3, -0.25) is 9.59 Å². The number of amides is 2. The van der Waals surface area contributed by atoms with Gasteiger partial charge in [-0.25, -0.2) is 9.59 Å². The van der Waals surface area contributed by atoms with Gasteiger partial charge in [0.05, 0.1) is 13.5 Å². The first-order valence-corrected chi connectivity index (χ1v) is 10.6. The molecule has 0 aliphatic carbocycles. The lowest BCUT2D eigenvalue weighted by Gasteiger charge is -2.26. The summed E-state index contributed by atoms with van der Waals surface area (Å²) in [5.41, 5.74) is 0.230. The van der Waals surface area contributed by atoms with Gasteiger partial charge in [0, 0.05) is 24.1 Å². The highest BCUT2D eigenvalue weighted by molar-refractivity contribution is 5.93. The largest absolute Gasteiger partial charge is 0.497 e. The maximum absolute atomic E-state index is 13.1. The Morgan fingerprint density at radius 3 is 2.69 bits per heavy atom. The number of aliphatic carboxylic acids is 1. The minimum Gasteiger partial charge on any atom is -0.497 e. The van der Waals surface area contributed by atoms with Crippen LogP contribution in [0.2, 0.25) is 0 Å². The van der Waals surface area contributed by atoms with Crippen molar-refractivity contribution in [1.29, 1.82) is 0 Å². The number of ether oxygens (including phenoxy) is 1. The van der Waals surface area contributed by atoms with E-state index in [0.29, 0.717) is 48.1 Å². The van der Waals surface area contributed by atoms with E-state index in [-0.39, 0.29) is 18.2 Å². The normalized spacial score (nSPS) is 16.9. The van der Waals surface area contributed by atoms with Crippen molar-refractivity contribution in [2.45, 2.75) is 51.6 Å². The minimum absolute atomic E-state index is 0.0768. The molecule has 9 nitrogen and oxygen atoms in total. The lowest BCUT2D eigenvalue weighted by Crippen LogP contribution is -2.51. The van der Waals surface area contributed by atoms with E-state index >= 15 is 0 Å². The first kappa shape index (κ1) is 23.3. The molecule has 0 bridgehead atoms. The molecule has 9 heteroatoms. The molecule has 3 rings (SSSR count). The predicted molar refractivity (Wildman–Crippen MR) is 116 cm³/mol. The fourth-order valence-corrected chi connectivity index (χ4v) is 4.05. The van der Waals surface area contributed by atoms with Gasteiger partial charge in [-0.05, 0) is 42.9 Å². The van der Waals surface area contributed by atoms with Gasteiger partial charge in [0.25, 0.3) is 0 Å². The molecule has 1 aromatic carbocycles. The van der Waals surface area contributed by atoms with Gasteiger partial charge in [0.2, 0.25) is 11.8 Å². The zero-order valence-corrected chi connectivity index (χ0v) is 18.4. The van der Waals surface area contributed by atoms with Crippen molar-refractivity contribution in [3.63, 3.8) is 0 Å². The third kappa shape index (κ3) is 5.27. The summed E-state index contributed by atoms with van der Waals surface area (Å²) in [6.07, 6.45) is 1.32. The van der Waals surface area contributed by atoms with Crippen molar-refractivity contribution in [2.24, 2.45) is 5.92 Å². The number of hydrogen-bond donors (Lipinski definition) is 2. The maximum Gasteiger partial charge on any atom is 0.336 e. The second kappa shape index (κ2) is 9.84. The van der Waals surface area contributed by atoms with Crippen LogP contribution in [0.25, 0.3) is 11.0 Å². The summed E-state index contributed by atoms with van der Waals surface area (Å²) >= 11 is 0. The number of nitrogens with one attached hydrogen (secondary N) is 1. The van der Waals surface area contributed by atoms with Crippen LogP contribution in [0.15, 0.2) is 33.5 Å². The number of carboxylic acid groups (broad SMARTS) is 1. The molecule has 1 aliphatic heterocycles. The van der Waals surface area contributed by atoms with Gasteiger partial charge in [-0.15, -0.1) is 0 Å². The molecule has 2 heterocycles. The Kier molecular flexibility index (Phi) is 7.17. The maximum atomic E-state index is 13.1. The molecule has 1 fully saturated rings. The molecule has 32 heavy (non-hydrogen) atoms. The lowest BCUT2D eigenvalue weighted by molar-refractivity contribution is -0.144. The summed E-state index contributed by atoms with van der Waals surface area (Å²) in [5.74, 6) is -1.25. The lowest BCUT2D eigenvalue weighted by atomic mass is 10.0. The van der Waals surface area contributed by atoms with Crippen molar-refractivity contribution >= 4 is 28.8 Å². The number of methoxy groups -OCH3 is 1. The third-order valence-electron chi connectivity index (χ3n) is 5.58. The highest BCUT2D eigenvalue weighted by Gasteiger charge is 2.36. The number of hydrogen-bond acceptors (Lipinski definition) is 6. The van der Waals surface area contributed by atoms with E-state index in [2.05, 4.69) is 5.32 Å². The van der Waals surface area contributed by atoms with Crippen LogP contribution < -0.4 is 15.7 Å². The van der Waals surface area contributed by atoms with E-state index in [1.54, 1.807) is 18.2 Å². The van der Waals surface area contributed by atoms with Crippen LogP contribution >= 0.6 is 0 Å². The van der Waals surface area contributed by atoms with Crippen molar-refractivity contribution in [2.75, 3.05) is 13.7 Å². The number of nitrogens with zero attached hydrogens (tertiary/aromatic N) is 1. The SMILES string of the molecule is COc1ccc2c(CC(=O)N3CCC[C@H]3C(=O)N[C@@H](CC(C)C)C(=O)O)cc(=O)oc2c1. The van der Waals surface area contributed by atoms with E-state index < -0.39 is 29.6 Å². The number of likely N-dealkylation sites (tertiary alicyclic amines) is 1. The highest BCUT2D eigenvalue weighted by atomic mass is 16.5. The van der Waals surface area contributed by atoms with Gasteiger partial charge in [0.1, 0.15) is 23.4 Å². The number of carbonyl (C=O) groups is 3. The van der Waals surface area contributed by atoms with Gasteiger partial charge in [0.15, 0.2) is 0 Å². The molecule has 1 saturated heterocycles. The molecule has 2 aromatic rings. The van der Waals surface area contributed by atoms with Crippen LogP contribution in [0.3, 0.4) is 0 Å². The molecule has 2 atom stereocenters. The van der Waals surface area contributed by atoms with Crippen LogP contribution in [0.5, 0.6) is 5.75 Å². The number of carbonyl (C=O) groups excluding carboxylic acids is 2. The third-order valence-corrected chi connectivity index (χ3v) is 5.58. The summed E-state index contributed by atoms with van der Waals surface area (Å²) < 4.78 is 10.4. The number of fused-ring (bicyclic) bond motifs is 1. The molecule has 1 aliphatic rings. The van der Waals surface area contributed by atoms with Crippen molar-refractivity contribution in [3.05, 3.63) is 40.2 Å². The average Bonchev–Trinajstić information content (AvgIpc) is 3.22. The van der Waals surface area contributed by atoms with E-state index in [1.807, 2.05) is 13.8 Å². The topological polar surface area (TPSA) is 126 Å². The van der Waals surface area contributed by atoms with Crippen LogP contribution in [-0.2, 0) is 20.8 Å². The van der Waals surface area contributed by atoms with E-state index in [4.69, 9.17) is 9.15 Å². The van der Waals surface area contributed by atoms with Gasteiger partial charge < -0.3 is 24.5 Å². The Balaban J connectivity index is 1.78. The zero-order valence-electron chi connectivity index (χ0n) is 18.4. The van der Waals surface area contributed by atoms with Crippen LogP contribution in [0, 0.1) is 5.92 Å². The quantitative estimate of drug-likeness (QED) is 0.596. The molecule has 0 radical (unpaired) electrons. The fourth-order valence-electron chi connectivity index (χ4n) is 4.05. The standard InChI is InChI=1S/C23H28N2O7/c1-13(2)9-17(23(29)30)24-22(28)18-5-4-8-25(18)20(26)10-14-11-21(27)32-19-12-15(31-3)6-7-16(14)19/h6-7,11-13,17-18H,4-5,8-10H2,1-3H3,(H,24,28)(H,29,30)/t17-,18-/m0/s1. The molecule has 0 saturated carbocycles. The second-order valence-electron chi connectivity index (χ2n) is 8.40. The number of rotatable bonds is 8. The van der Waals surface area contributed by atoms with Crippen molar-refractivity contribution < 1.29 is 28.6 Å². The minimum atomic E-state index is -1.10. The molecular formula is C23H28N2O7. The summed E-state index contributed by atoms with van der Waals surface area (Å²) in [6.45, 7) is 4.15. The summed E-state index contributed by atoms with van der Waals surface area (Å²) in [6, 6.07) is 4.56. The predicted octanol–water partition coefficient (Wildman–Crippen LogP) is 1.95. The Labute approximate surface area is 185 Å². The molecule has 1 aromatic heterocycles. The molecule has 0 unspecified atom stereocenters. The van der Waals surface area contributed by atoms with E-state index in [0.717, 1.165) is 0 Å². The Morgan fingerprint density at radius 2 is 2.03 bits per heavy atom. The van der Waals surface area contributed by atoms with E-state index in [1.165, 1.54) is 18.1 Å². The molecule has 2 N–H and O–H groups in total. The van der Waals surface area contributed by atoms with Crippen molar-refractivity contribution in [3.8, 4) is 5.75 Å². The zero-order chi connectivity index (χ0) is 23.4. The smallest absolute Gasteiger partial charge is 0.336 e. The van der Waals surface area contributed by atoms with Gasteiger partial charge in [-0.1, -0.05) is 13.8 Å². The van der Waals surface area contributed by atoms with Crippen LogP contribution in [0.1, 0.15) is 38.7 Å². The fraction of sp³-hybridized carbons (Fsp3) is 0.478. The first-order chi connectivity index (χ1) is 15.2. The second-order valence-corrected chi connectivity index (χ2v) is 8.40. The summed E-state index contributed by atoms with van der Waals surface area (Å²) in [4.78, 5) is 50.8. The van der Waals surface area contributed by atoms with Gasteiger partial charge >= 0.3 is 11.6 Å². The van der Waals surface area contributed by atoms with E-state index in [9.17, 15) is 24.3 Å². The monoisotopic (exact) mass is 444 g/mol. The number of benzene rings is 1. The van der Waals surface area contributed by atoms with Gasteiger partial charge in [-0.2, -0.15) is 0 Å². The highest BCUT2D eigenvalue weighted by Crippen LogP contribution is 2.25. The average molecular weight is 444 g/mol. The Hall–Kier alpha value is -3.36. The van der Waals surface area contributed by atoms with Crippen LogP contribution in [-0.4, -0.2) is 53.5 Å². The Morgan fingerprint density at radius 1 is 1.28 bits per heavy atom. The molecular weight excluding hydrogens is 416 g/mol. The van der Waals surface area contributed by atoms with Crippen LogP contribution in [0.4, 0.5) is 0 Å². The number of carboxylic acids is 1.